The molecule has 0 unspecified atom stereocenters. The van der Waals surface area contributed by atoms with Crippen LogP contribution in [0.2, 0.25) is 0 Å². The van der Waals surface area contributed by atoms with Gasteiger partial charge in [0.05, 0.1) is 11.3 Å². The van der Waals surface area contributed by atoms with E-state index in [1.165, 1.54) is 0 Å². The summed E-state index contributed by atoms with van der Waals surface area (Å²) >= 11 is 0. The number of carbonyl (C=O) groups excluding carboxylic acids is 1. The zero-order valence-corrected chi connectivity index (χ0v) is 5.47. The van der Waals surface area contributed by atoms with E-state index in [-0.39, 0.29) is 17.5 Å². The molecular weight excluding hydrogens is 152 g/mol. The van der Waals surface area contributed by atoms with E-state index in [4.69, 9.17) is 5.73 Å². The van der Waals surface area contributed by atoms with Crippen LogP contribution in [0.4, 0.5) is 14.5 Å². The summed E-state index contributed by atoms with van der Waals surface area (Å²) in [5.74, 6) is -2.37. The molecule has 1 aromatic carbocycles. The van der Waals surface area contributed by atoms with Gasteiger partial charge in [-0.3, -0.25) is 4.79 Å². The van der Waals surface area contributed by atoms with Crippen molar-refractivity contribution in [1.82, 2.24) is 0 Å². The van der Waals surface area contributed by atoms with Gasteiger partial charge in [0.2, 0.25) is 0 Å². The van der Waals surface area contributed by atoms with E-state index in [0.717, 1.165) is 12.1 Å². The first-order valence-electron chi connectivity index (χ1n) is 2.85. The minimum atomic E-state index is -1.19. The number of carbonyl (C=O) groups is 1. The Labute approximate surface area is 61.6 Å². The van der Waals surface area contributed by atoms with E-state index in [1.807, 2.05) is 0 Å². The molecule has 2 N–H and O–H groups in total. The molecule has 0 aliphatic carbocycles. The standard InChI is InChI=1S/C7H5F2NO/c8-6-4(3-11)1-2-5(10)7(6)9/h1-3H,10H2. The predicted molar refractivity (Wildman–Crippen MR) is 36.2 cm³/mol. The zero-order valence-electron chi connectivity index (χ0n) is 5.47. The summed E-state index contributed by atoms with van der Waals surface area (Å²) in [4.78, 5) is 10.0. The highest BCUT2D eigenvalue weighted by atomic mass is 19.2. The van der Waals surface area contributed by atoms with Crippen molar-refractivity contribution in [1.29, 1.82) is 0 Å². The fraction of sp³-hybridized carbons (Fsp3) is 0. The van der Waals surface area contributed by atoms with Gasteiger partial charge in [0.25, 0.3) is 0 Å². The molecule has 1 aromatic rings. The molecule has 58 valence electrons. The van der Waals surface area contributed by atoms with Gasteiger partial charge in [0, 0.05) is 0 Å². The quantitative estimate of drug-likeness (QED) is 0.494. The topological polar surface area (TPSA) is 43.1 Å². The Kier molecular flexibility index (Phi) is 1.85. The van der Waals surface area contributed by atoms with Crippen LogP contribution >= 0.6 is 0 Å². The molecule has 0 amide bonds. The molecule has 0 saturated carbocycles. The molecular formula is C7H5F2NO. The van der Waals surface area contributed by atoms with Crippen molar-refractivity contribution in [3.8, 4) is 0 Å². The number of hydrogen-bond donors (Lipinski definition) is 1. The number of benzene rings is 1. The number of nitrogen functional groups attached to an aromatic ring is 1. The molecule has 2 nitrogen and oxygen atoms in total. The van der Waals surface area contributed by atoms with Crippen molar-refractivity contribution in [2.24, 2.45) is 0 Å². The highest BCUT2D eigenvalue weighted by molar-refractivity contribution is 5.76. The first-order valence-corrected chi connectivity index (χ1v) is 2.85. The molecule has 0 aliphatic rings. The fourth-order valence-electron chi connectivity index (χ4n) is 0.670. The smallest absolute Gasteiger partial charge is 0.182 e. The van der Waals surface area contributed by atoms with Gasteiger partial charge in [0.1, 0.15) is 0 Å². The third-order valence-corrected chi connectivity index (χ3v) is 1.27. The van der Waals surface area contributed by atoms with Crippen LogP contribution in [0.3, 0.4) is 0 Å². The van der Waals surface area contributed by atoms with Crippen LogP contribution in [0.25, 0.3) is 0 Å². The van der Waals surface area contributed by atoms with Crippen LogP contribution in [0.15, 0.2) is 12.1 Å². The first kappa shape index (κ1) is 7.65. The third-order valence-electron chi connectivity index (χ3n) is 1.27. The predicted octanol–water partition coefficient (Wildman–Crippen LogP) is 1.36. The Bertz CT molecular complexity index is 299. The average Bonchev–Trinajstić information content (AvgIpc) is 2.01. The van der Waals surface area contributed by atoms with Crippen molar-refractivity contribution in [3.05, 3.63) is 29.3 Å². The van der Waals surface area contributed by atoms with Crippen molar-refractivity contribution in [2.45, 2.75) is 0 Å². The van der Waals surface area contributed by atoms with Crippen molar-refractivity contribution in [2.75, 3.05) is 5.73 Å². The minimum Gasteiger partial charge on any atom is -0.396 e. The lowest BCUT2D eigenvalue weighted by Crippen LogP contribution is -1.97. The van der Waals surface area contributed by atoms with Crippen molar-refractivity contribution >= 4 is 12.0 Å². The molecule has 0 aliphatic heterocycles. The Hall–Kier alpha value is -1.45. The van der Waals surface area contributed by atoms with Crippen LogP contribution < -0.4 is 5.73 Å². The van der Waals surface area contributed by atoms with Gasteiger partial charge in [-0.15, -0.1) is 0 Å². The molecule has 0 aromatic heterocycles. The van der Waals surface area contributed by atoms with Crippen molar-refractivity contribution in [3.63, 3.8) is 0 Å². The van der Waals surface area contributed by atoms with Crippen LogP contribution in [0, 0.1) is 11.6 Å². The highest BCUT2D eigenvalue weighted by Gasteiger charge is 2.09. The van der Waals surface area contributed by atoms with Gasteiger partial charge >= 0.3 is 0 Å². The summed E-state index contributed by atoms with van der Waals surface area (Å²) in [7, 11) is 0. The number of halogens is 2. The molecule has 1 rings (SSSR count). The number of nitrogens with two attached hydrogens (primary N) is 1. The lowest BCUT2D eigenvalue weighted by atomic mass is 10.2. The Morgan fingerprint density at radius 3 is 2.45 bits per heavy atom. The maximum atomic E-state index is 12.6. The maximum Gasteiger partial charge on any atom is 0.182 e. The van der Waals surface area contributed by atoms with E-state index in [0.29, 0.717) is 0 Å². The Balaban J connectivity index is 3.36. The van der Waals surface area contributed by atoms with Crippen LogP contribution in [0.5, 0.6) is 0 Å². The zero-order chi connectivity index (χ0) is 8.43. The molecule has 0 atom stereocenters. The summed E-state index contributed by atoms with van der Waals surface area (Å²) in [5.41, 5.74) is 4.39. The lowest BCUT2D eigenvalue weighted by molar-refractivity contribution is 0.111. The molecule has 0 spiro atoms. The molecule has 11 heavy (non-hydrogen) atoms. The van der Waals surface area contributed by atoms with Gasteiger partial charge in [-0.05, 0) is 12.1 Å². The normalized spacial score (nSPS) is 9.64. The second-order valence-electron chi connectivity index (χ2n) is 1.99. The van der Waals surface area contributed by atoms with E-state index >= 15 is 0 Å². The summed E-state index contributed by atoms with van der Waals surface area (Å²) in [6.07, 6.45) is 0.234. The molecule has 0 saturated heterocycles. The maximum absolute atomic E-state index is 12.6. The summed E-state index contributed by atoms with van der Waals surface area (Å²) in [6, 6.07) is 2.27. The van der Waals surface area contributed by atoms with Gasteiger partial charge in [-0.25, -0.2) is 8.78 Å². The van der Waals surface area contributed by atoms with Crippen LogP contribution in [-0.4, -0.2) is 6.29 Å². The second kappa shape index (κ2) is 2.65. The van der Waals surface area contributed by atoms with Gasteiger partial charge in [-0.2, -0.15) is 0 Å². The average molecular weight is 157 g/mol. The summed E-state index contributed by atoms with van der Waals surface area (Å²) < 4.78 is 25.1. The Morgan fingerprint density at radius 2 is 1.91 bits per heavy atom. The minimum absolute atomic E-state index is 0.234. The molecule has 0 heterocycles. The third kappa shape index (κ3) is 1.19. The second-order valence-corrected chi connectivity index (χ2v) is 1.99. The summed E-state index contributed by atoms with van der Waals surface area (Å²) in [6.45, 7) is 0. The SMILES string of the molecule is Nc1ccc(C=O)c(F)c1F. The number of hydrogen-bond acceptors (Lipinski definition) is 2. The van der Waals surface area contributed by atoms with Gasteiger partial charge in [-0.1, -0.05) is 0 Å². The van der Waals surface area contributed by atoms with E-state index in [9.17, 15) is 13.6 Å². The number of aldehydes is 1. The first-order chi connectivity index (χ1) is 5.16. The van der Waals surface area contributed by atoms with E-state index < -0.39 is 11.6 Å². The van der Waals surface area contributed by atoms with Gasteiger partial charge < -0.3 is 5.73 Å². The molecule has 0 fully saturated rings. The Morgan fingerprint density at radius 1 is 1.27 bits per heavy atom. The fourth-order valence-corrected chi connectivity index (χ4v) is 0.670. The monoisotopic (exact) mass is 157 g/mol. The summed E-state index contributed by atoms with van der Waals surface area (Å²) in [5, 5.41) is 0. The van der Waals surface area contributed by atoms with Crippen LogP contribution in [-0.2, 0) is 0 Å². The largest absolute Gasteiger partial charge is 0.396 e. The van der Waals surface area contributed by atoms with E-state index in [1.54, 1.807) is 0 Å². The molecule has 0 bridgehead atoms. The molecule has 0 radical (unpaired) electrons. The number of rotatable bonds is 1. The number of anilines is 1. The van der Waals surface area contributed by atoms with Crippen LogP contribution in [0.1, 0.15) is 10.4 Å². The van der Waals surface area contributed by atoms with Crippen molar-refractivity contribution < 1.29 is 13.6 Å². The van der Waals surface area contributed by atoms with E-state index in [2.05, 4.69) is 0 Å². The molecule has 4 heteroatoms. The van der Waals surface area contributed by atoms with Gasteiger partial charge in [0.15, 0.2) is 17.9 Å². The lowest BCUT2D eigenvalue weighted by Gasteiger charge is -1.98. The highest BCUT2D eigenvalue weighted by Crippen LogP contribution is 2.15.